The van der Waals surface area contributed by atoms with Crippen LogP contribution in [0.15, 0.2) is 6.20 Å². The summed E-state index contributed by atoms with van der Waals surface area (Å²) in [6.07, 6.45) is 0.986. The summed E-state index contributed by atoms with van der Waals surface area (Å²) in [6.45, 7) is 0. The zero-order valence-electron chi connectivity index (χ0n) is 7.49. The Bertz CT molecular complexity index is 394. The normalized spacial score (nSPS) is 13.0. The average Bonchev–Trinajstić information content (AvgIpc) is 2.75. The fraction of sp³-hybridized carbons (Fsp3) is 0.500. The van der Waals surface area contributed by atoms with Crippen LogP contribution in [0.3, 0.4) is 0 Å². The topological polar surface area (TPSA) is 105 Å². The number of tetrazole rings is 1. The first kappa shape index (κ1) is 8.75. The molecule has 8 nitrogen and oxygen atoms in total. The van der Waals surface area contributed by atoms with Gasteiger partial charge < -0.3 is 5.11 Å². The third-order valence-electron chi connectivity index (χ3n) is 1.70. The van der Waals surface area contributed by atoms with Crippen LogP contribution < -0.4 is 0 Å². The van der Waals surface area contributed by atoms with Crippen molar-refractivity contribution in [3.63, 3.8) is 0 Å². The molecule has 0 aromatic carbocycles. The highest BCUT2D eigenvalue weighted by Gasteiger charge is 2.14. The SMILES string of the molecule is Cn1nnc(CC(O)c2cn[nH]n2)n1. The number of aryl methyl sites for hydroxylation is 1. The molecule has 0 fully saturated rings. The van der Waals surface area contributed by atoms with Crippen molar-refractivity contribution in [2.75, 3.05) is 0 Å². The Morgan fingerprint density at radius 1 is 1.64 bits per heavy atom. The van der Waals surface area contributed by atoms with Crippen molar-refractivity contribution in [2.45, 2.75) is 12.5 Å². The van der Waals surface area contributed by atoms with E-state index in [0.717, 1.165) is 0 Å². The number of aromatic amines is 1. The van der Waals surface area contributed by atoms with Gasteiger partial charge in [-0.3, -0.25) is 0 Å². The van der Waals surface area contributed by atoms with E-state index >= 15 is 0 Å². The molecule has 0 aliphatic heterocycles. The van der Waals surface area contributed by atoms with Crippen molar-refractivity contribution < 1.29 is 5.11 Å². The van der Waals surface area contributed by atoms with Crippen LogP contribution in [-0.4, -0.2) is 40.7 Å². The second-order valence-corrected chi connectivity index (χ2v) is 2.81. The third-order valence-corrected chi connectivity index (χ3v) is 1.70. The molecule has 2 N–H and O–H groups in total. The van der Waals surface area contributed by atoms with Crippen molar-refractivity contribution in [3.8, 4) is 0 Å². The number of nitrogens with zero attached hydrogens (tertiary/aromatic N) is 6. The van der Waals surface area contributed by atoms with Crippen LogP contribution in [0, 0.1) is 0 Å². The molecule has 2 rings (SSSR count). The summed E-state index contributed by atoms with van der Waals surface area (Å²) in [5.74, 6) is 0.475. The van der Waals surface area contributed by atoms with E-state index in [0.29, 0.717) is 11.5 Å². The van der Waals surface area contributed by atoms with E-state index in [2.05, 4.69) is 30.8 Å². The molecule has 8 heteroatoms. The maximum absolute atomic E-state index is 9.63. The van der Waals surface area contributed by atoms with Gasteiger partial charge in [0, 0.05) is 6.42 Å². The van der Waals surface area contributed by atoms with Crippen LogP contribution in [0.5, 0.6) is 0 Å². The summed E-state index contributed by atoms with van der Waals surface area (Å²) in [6, 6.07) is 0. The molecule has 0 amide bonds. The zero-order valence-corrected chi connectivity index (χ0v) is 7.49. The molecule has 0 aliphatic rings. The van der Waals surface area contributed by atoms with Crippen LogP contribution in [0.4, 0.5) is 0 Å². The number of rotatable bonds is 3. The minimum absolute atomic E-state index is 0.278. The Balaban J connectivity index is 2.05. The van der Waals surface area contributed by atoms with Crippen molar-refractivity contribution in [1.82, 2.24) is 35.6 Å². The molecule has 2 heterocycles. The van der Waals surface area contributed by atoms with Gasteiger partial charge in [0.1, 0.15) is 11.8 Å². The van der Waals surface area contributed by atoms with E-state index in [1.165, 1.54) is 11.0 Å². The van der Waals surface area contributed by atoms with Gasteiger partial charge in [-0.15, -0.1) is 10.2 Å². The standard InChI is InChI=1S/C6H9N7O/c1-13-10-6(9-12-13)2-5(14)4-3-7-11-8-4/h3,5,14H,2H2,1H3,(H,7,8,11). The van der Waals surface area contributed by atoms with E-state index in [1.54, 1.807) is 7.05 Å². The van der Waals surface area contributed by atoms with Gasteiger partial charge in [0.15, 0.2) is 5.82 Å². The summed E-state index contributed by atoms with van der Waals surface area (Å²) in [5.41, 5.74) is 0.470. The minimum Gasteiger partial charge on any atom is -0.386 e. The highest BCUT2D eigenvalue weighted by Crippen LogP contribution is 2.11. The lowest BCUT2D eigenvalue weighted by Gasteiger charge is -2.01. The molecule has 0 radical (unpaired) electrons. The predicted octanol–water partition coefficient (Wildman–Crippen LogP) is -1.40. The number of aromatic nitrogens is 7. The van der Waals surface area contributed by atoms with Gasteiger partial charge in [0.05, 0.1) is 13.2 Å². The summed E-state index contributed by atoms with van der Waals surface area (Å²) < 4.78 is 0. The molecule has 2 aromatic heterocycles. The van der Waals surface area contributed by atoms with Crippen LogP contribution in [0.2, 0.25) is 0 Å². The lowest BCUT2D eigenvalue weighted by atomic mass is 10.2. The Morgan fingerprint density at radius 3 is 3.07 bits per heavy atom. The maximum atomic E-state index is 9.63. The molecular weight excluding hydrogens is 186 g/mol. The first-order valence-electron chi connectivity index (χ1n) is 4.02. The summed E-state index contributed by atoms with van der Waals surface area (Å²) >= 11 is 0. The molecule has 0 saturated carbocycles. The van der Waals surface area contributed by atoms with E-state index in [9.17, 15) is 5.11 Å². The highest BCUT2D eigenvalue weighted by molar-refractivity contribution is 4.99. The van der Waals surface area contributed by atoms with Crippen molar-refractivity contribution >= 4 is 0 Å². The fourth-order valence-electron chi connectivity index (χ4n) is 1.05. The van der Waals surface area contributed by atoms with Gasteiger partial charge in [-0.05, 0) is 5.21 Å². The number of hydrogen-bond donors (Lipinski definition) is 2. The van der Waals surface area contributed by atoms with E-state index < -0.39 is 6.10 Å². The zero-order chi connectivity index (χ0) is 9.97. The van der Waals surface area contributed by atoms with E-state index in [-0.39, 0.29) is 6.42 Å². The largest absolute Gasteiger partial charge is 0.386 e. The average molecular weight is 195 g/mol. The molecule has 74 valence electrons. The van der Waals surface area contributed by atoms with Gasteiger partial charge in [-0.2, -0.15) is 20.2 Å². The summed E-state index contributed by atoms with van der Waals surface area (Å²) in [4.78, 5) is 1.34. The number of nitrogens with one attached hydrogen (secondary N) is 1. The molecule has 14 heavy (non-hydrogen) atoms. The van der Waals surface area contributed by atoms with E-state index in [1.807, 2.05) is 0 Å². The van der Waals surface area contributed by atoms with Gasteiger partial charge in [0.2, 0.25) is 0 Å². The Hall–Kier alpha value is -1.83. The quantitative estimate of drug-likeness (QED) is 0.624. The number of aliphatic hydroxyl groups excluding tert-OH is 1. The summed E-state index contributed by atoms with van der Waals surface area (Å²) in [7, 11) is 1.67. The highest BCUT2D eigenvalue weighted by atomic mass is 16.3. The molecular formula is C6H9N7O. The Labute approximate surface area is 78.9 Å². The lowest BCUT2D eigenvalue weighted by molar-refractivity contribution is 0.171. The smallest absolute Gasteiger partial charge is 0.177 e. The van der Waals surface area contributed by atoms with Crippen LogP contribution >= 0.6 is 0 Å². The van der Waals surface area contributed by atoms with Crippen LogP contribution in [0.1, 0.15) is 17.6 Å². The monoisotopic (exact) mass is 195 g/mol. The molecule has 0 bridgehead atoms. The molecule has 0 saturated heterocycles. The first-order valence-corrected chi connectivity index (χ1v) is 4.02. The van der Waals surface area contributed by atoms with Crippen molar-refractivity contribution in [3.05, 3.63) is 17.7 Å². The molecule has 2 aromatic rings. The number of hydrogen-bond acceptors (Lipinski definition) is 6. The van der Waals surface area contributed by atoms with Gasteiger partial charge in [-0.1, -0.05) is 0 Å². The number of aliphatic hydroxyl groups is 1. The van der Waals surface area contributed by atoms with Gasteiger partial charge in [0.25, 0.3) is 0 Å². The molecule has 0 aliphatic carbocycles. The Morgan fingerprint density at radius 2 is 2.50 bits per heavy atom. The van der Waals surface area contributed by atoms with Crippen LogP contribution in [0.25, 0.3) is 0 Å². The summed E-state index contributed by atoms with van der Waals surface area (Å²) in [5, 5.41) is 30.7. The van der Waals surface area contributed by atoms with Crippen molar-refractivity contribution in [2.24, 2.45) is 7.05 Å². The second-order valence-electron chi connectivity index (χ2n) is 2.81. The van der Waals surface area contributed by atoms with Gasteiger partial charge >= 0.3 is 0 Å². The number of H-pyrrole nitrogens is 1. The first-order chi connectivity index (χ1) is 6.75. The third kappa shape index (κ3) is 1.74. The maximum Gasteiger partial charge on any atom is 0.177 e. The second kappa shape index (κ2) is 3.50. The molecule has 1 unspecified atom stereocenters. The molecule has 1 atom stereocenters. The molecule has 0 spiro atoms. The Kier molecular flexibility index (Phi) is 2.19. The van der Waals surface area contributed by atoms with Crippen molar-refractivity contribution in [1.29, 1.82) is 0 Å². The van der Waals surface area contributed by atoms with Gasteiger partial charge in [-0.25, -0.2) is 0 Å². The predicted molar refractivity (Wildman–Crippen MR) is 43.8 cm³/mol. The van der Waals surface area contributed by atoms with E-state index in [4.69, 9.17) is 0 Å². The lowest BCUT2D eigenvalue weighted by Crippen LogP contribution is -2.04. The minimum atomic E-state index is -0.752. The van der Waals surface area contributed by atoms with Crippen LogP contribution in [-0.2, 0) is 13.5 Å². The fourth-order valence-corrected chi connectivity index (χ4v) is 1.05.